The van der Waals surface area contributed by atoms with Crippen LogP contribution < -0.4 is 4.74 Å². The van der Waals surface area contributed by atoms with Gasteiger partial charge < -0.3 is 4.74 Å². The highest BCUT2D eigenvalue weighted by Gasteiger charge is 2.06. The third kappa shape index (κ3) is 2.81. The maximum atomic E-state index is 11.7. The Balaban J connectivity index is 2.54. The van der Waals surface area contributed by atoms with Gasteiger partial charge in [-0.1, -0.05) is 0 Å². The molecule has 0 aliphatic carbocycles. The van der Waals surface area contributed by atoms with Crippen LogP contribution in [-0.2, 0) is 0 Å². The molecule has 0 aliphatic heterocycles. The Morgan fingerprint density at radius 2 is 2.46 bits per heavy atom. The predicted octanol–water partition coefficient (Wildman–Crippen LogP) is 1.19. The summed E-state index contributed by atoms with van der Waals surface area (Å²) in [5.41, 5.74) is 0. The summed E-state index contributed by atoms with van der Waals surface area (Å²) in [6.45, 7) is 0.596. The second-order valence-corrected chi connectivity index (χ2v) is 2.32. The number of hydrogen-bond acceptors (Lipinski definition) is 3. The SMILES string of the molecule is CC(=O)n1ccc(OCC(F)F)n1. The Bertz CT molecular complexity index is 298. The second-order valence-electron chi connectivity index (χ2n) is 2.32. The normalized spacial score (nSPS) is 10.5. The molecule has 0 bridgehead atoms. The van der Waals surface area contributed by atoms with Crippen molar-refractivity contribution in [3.63, 3.8) is 0 Å². The molecule has 0 amide bonds. The lowest BCUT2D eigenvalue weighted by Crippen LogP contribution is -2.09. The molecule has 0 aliphatic rings. The zero-order valence-corrected chi connectivity index (χ0v) is 6.91. The molecule has 0 aromatic carbocycles. The first-order valence-corrected chi connectivity index (χ1v) is 3.57. The molecule has 0 atom stereocenters. The lowest BCUT2D eigenvalue weighted by atomic mass is 10.6. The maximum absolute atomic E-state index is 11.7. The topological polar surface area (TPSA) is 44.1 Å². The van der Waals surface area contributed by atoms with Gasteiger partial charge in [0.2, 0.25) is 11.8 Å². The van der Waals surface area contributed by atoms with Crippen molar-refractivity contribution in [1.82, 2.24) is 9.78 Å². The minimum Gasteiger partial charge on any atom is -0.471 e. The van der Waals surface area contributed by atoms with Crippen LogP contribution in [0.1, 0.15) is 11.7 Å². The molecule has 0 saturated carbocycles. The van der Waals surface area contributed by atoms with Crippen molar-refractivity contribution >= 4 is 5.91 Å². The van der Waals surface area contributed by atoms with Gasteiger partial charge in [-0.25, -0.2) is 13.5 Å². The number of hydrogen-bond donors (Lipinski definition) is 0. The van der Waals surface area contributed by atoms with Gasteiger partial charge in [0.1, 0.15) is 0 Å². The van der Waals surface area contributed by atoms with Gasteiger partial charge in [-0.05, 0) is 0 Å². The van der Waals surface area contributed by atoms with E-state index in [0.29, 0.717) is 0 Å². The van der Waals surface area contributed by atoms with E-state index in [0.717, 1.165) is 4.68 Å². The van der Waals surface area contributed by atoms with Crippen LogP contribution in [0.15, 0.2) is 12.3 Å². The average molecular weight is 190 g/mol. The molecule has 1 aromatic heterocycles. The largest absolute Gasteiger partial charge is 0.471 e. The van der Waals surface area contributed by atoms with Gasteiger partial charge in [0.05, 0.1) is 0 Å². The first-order chi connectivity index (χ1) is 6.09. The molecule has 13 heavy (non-hydrogen) atoms. The summed E-state index contributed by atoms with van der Waals surface area (Å²) in [6.07, 6.45) is -1.19. The molecule has 0 N–H and O–H groups in total. The van der Waals surface area contributed by atoms with Crippen LogP contribution >= 0.6 is 0 Å². The van der Waals surface area contributed by atoms with E-state index >= 15 is 0 Å². The Hall–Kier alpha value is -1.46. The number of halogens is 2. The number of nitrogens with zero attached hydrogens (tertiary/aromatic N) is 2. The summed E-state index contributed by atoms with van der Waals surface area (Å²) < 4.78 is 28.9. The molecule has 0 spiro atoms. The van der Waals surface area contributed by atoms with Crippen LogP contribution in [-0.4, -0.2) is 28.7 Å². The predicted molar refractivity (Wildman–Crippen MR) is 40.0 cm³/mol. The van der Waals surface area contributed by atoms with E-state index in [2.05, 4.69) is 9.84 Å². The smallest absolute Gasteiger partial charge is 0.272 e. The molecular formula is C7H8F2N2O2. The minimum atomic E-state index is -2.54. The van der Waals surface area contributed by atoms with E-state index in [-0.39, 0.29) is 11.8 Å². The van der Waals surface area contributed by atoms with E-state index in [4.69, 9.17) is 0 Å². The summed E-state index contributed by atoms with van der Waals surface area (Å²) in [7, 11) is 0. The molecule has 72 valence electrons. The average Bonchev–Trinajstić information content (AvgIpc) is 2.48. The molecular weight excluding hydrogens is 182 g/mol. The number of rotatable bonds is 3. The third-order valence-electron chi connectivity index (χ3n) is 1.24. The van der Waals surface area contributed by atoms with E-state index in [9.17, 15) is 13.6 Å². The van der Waals surface area contributed by atoms with Crippen LogP contribution in [0, 0.1) is 0 Å². The molecule has 1 heterocycles. The van der Waals surface area contributed by atoms with Gasteiger partial charge in [-0.3, -0.25) is 4.79 Å². The highest BCUT2D eigenvalue weighted by atomic mass is 19.3. The van der Waals surface area contributed by atoms with Crippen molar-refractivity contribution < 1.29 is 18.3 Å². The van der Waals surface area contributed by atoms with E-state index in [1.807, 2.05) is 0 Å². The fourth-order valence-corrected chi connectivity index (χ4v) is 0.708. The van der Waals surface area contributed by atoms with E-state index in [1.54, 1.807) is 0 Å². The number of alkyl halides is 2. The van der Waals surface area contributed by atoms with Crippen LogP contribution in [0.25, 0.3) is 0 Å². The summed E-state index contributed by atoms with van der Waals surface area (Å²) in [4.78, 5) is 10.7. The number of ether oxygens (including phenoxy) is 1. The molecule has 0 fully saturated rings. The quantitative estimate of drug-likeness (QED) is 0.719. The Kier molecular flexibility index (Phi) is 2.94. The highest BCUT2D eigenvalue weighted by molar-refractivity contribution is 5.75. The lowest BCUT2D eigenvalue weighted by Gasteiger charge is -1.99. The van der Waals surface area contributed by atoms with Crippen molar-refractivity contribution in [2.24, 2.45) is 0 Å². The minimum absolute atomic E-state index is 0.0236. The number of carbonyl (C=O) groups is 1. The van der Waals surface area contributed by atoms with Gasteiger partial charge in [0.25, 0.3) is 6.43 Å². The molecule has 1 rings (SSSR count). The molecule has 6 heteroatoms. The lowest BCUT2D eigenvalue weighted by molar-refractivity contribution is 0.0785. The van der Waals surface area contributed by atoms with Crippen LogP contribution in [0.3, 0.4) is 0 Å². The van der Waals surface area contributed by atoms with E-state index in [1.165, 1.54) is 19.2 Å². The zero-order chi connectivity index (χ0) is 9.84. The standard InChI is InChI=1S/C7H8F2N2O2/c1-5(12)11-3-2-7(10-11)13-4-6(8)9/h2-3,6H,4H2,1H3. The molecule has 1 aromatic rings. The zero-order valence-electron chi connectivity index (χ0n) is 6.91. The third-order valence-corrected chi connectivity index (χ3v) is 1.24. The monoisotopic (exact) mass is 190 g/mol. The summed E-state index contributed by atoms with van der Waals surface area (Å²) in [5, 5.41) is 3.59. The first kappa shape index (κ1) is 9.63. The van der Waals surface area contributed by atoms with Gasteiger partial charge in [-0.2, -0.15) is 0 Å². The van der Waals surface area contributed by atoms with E-state index < -0.39 is 13.0 Å². The van der Waals surface area contributed by atoms with Crippen molar-refractivity contribution in [3.8, 4) is 5.88 Å². The van der Waals surface area contributed by atoms with Crippen LogP contribution in [0.2, 0.25) is 0 Å². The summed E-state index contributed by atoms with van der Waals surface area (Å²) in [6, 6.07) is 1.35. The fourth-order valence-electron chi connectivity index (χ4n) is 0.708. The number of aromatic nitrogens is 2. The van der Waals surface area contributed by atoms with Crippen molar-refractivity contribution in [1.29, 1.82) is 0 Å². The molecule has 0 radical (unpaired) electrons. The first-order valence-electron chi connectivity index (χ1n) is 3.57. The van der Waals surface area contributed by atoms with Crippen LogP contribution in [0.4, 0.5) is 8.78 Å². The highest BCUT2D eigenvalue weighted by Crippen LogP contribution is 2.06. The fraction of sp³-hybridized carbons (Fsp3) is 0.429. The van der Waals surface area contributed by atoms with Crippen molar-refractivity contribution in [2.75, 3.05) is 6.61 Å². The molecule has 4 nitrogen and oxygen atoms in total. The van der Waals surface area contributed by atoms with Crippen molar-refractivity contribution in [2.45, 2.75) is 13.3 Å². The molecule has 0 unspecified atom stereocenters. The van der Waals surface area contributed by atoms with Gasteiger partial charge in [0, 0.05) is 19.2 Å². The maximum Gasteiger partial charge on any atom is 0.272 e. The van der Waals surface area contributed by atoms with Gasteiger partial charge in [0.15, 0.2) is 6.61 Å². The summed E-state index contributed by atoms with van der Waals surface area (Å²) in [5.74, 6) is -0.276. The van der Waals surface area contributed by atoms with Crippen LogP contribution in [0.5, 0.6) is 5.88 Å². The van der Waals surface area contributed by atoms with Gasteiger partial charge in [-0.15, -0.1) is 5.10 Å². The second kappa shape index (κ2) is 3.97. The number of carbonyl (C=O) groups excluding carboxylic acids is 1. The Morgan fingerprint density at radius 3 is 2.92 bits per heavy atom. The molecule has 0 saturated heterocycles. The Morgan fingerprint density at radius 1 is 1.77 bits per heavy atom. The van der Waals surface area contributed by atoms with Gasteiger partial charge >= 0.3 is 0 Å². The van der Waals surface area contributed by atoms with Crippen molar-refractivity contribution in [3.05, 3.63) is 12.3 Å². The summed E-state index contributed by atoms with van der Waals surface area (Å²) >= 11 is 0. The Labute approximate surface area is 73.1 Å².